The lowest BCUT2D eigenvalue weighted by Gasteiger charge is -2.40. The van der Waals surface area contributed by atoms with Crippen molar-refractivity contribution >= 4 is 17.2 Å². The third-order valence-corrected chi connectivity index (χ3v) is 4.62. The molecular formula is C16H18N2OS. The van der Waals surface area contributed by atoms with Crippen LogP contribution in [-0.2, 0) is 0 Å². The van der Waals surface area contributed by atoms with Gasteiger partial charge in [0, 0.05) is 19.6 Å². The molecule has 1 aliphatic heterocycles. The Hall–Kier alpha value is -1.65. The Morgan fingerprint density at radius 2 is 1.95 bits per heavy atom. The number of hydrogen-bond donors (Lipinski definition) is 0. The summed E-state index contributed by atoms with van der Waals surface area (Å²) in [4.78, 5) is 17.8. The van der Waals surface area contributed by atoms with Crippen molar-refractivity contribution in [3.8, 4) is 0 Å². The van der Waals surface area contributed by atoms with Crippen LogP contribution in [0.1, 0.15) is 21.3 Å². The molecule has 2 heterocycles. The topological polar surface area (TPSA) is 23.6 Å². The molecule has 0 aliphatic carbocycles. The average molecular weight is 286 g/mol. The van der Waals surface area contributed by atoms with Crippen molar-refractivity contribution in [1.29, 1.82) is 0 Å². The average Bonchev–Trinajstić information content (AvgIpc) is 3.02. The molecule has 20 heavy (non-hydrogen) atoms. The maximum absolute atomic E-state index is 12.7. The fourth-order valence-corrected chi connectivity index (χ4v) is 3.34. The fourth-order valence-electron chi connectivity index (χ4n) is 2.66. The molecule has 1 aromatic carbocycles. The molecule has 1 unspecified atom stereocenters. The molecule has 0 bridgehead atoms. The van der Waals surface area contributed by atoms with Crippen LogP contribution < -0.4 is 0 Å². The highest BCUT2D eigenvalue weighted by Gasteiger charge is 2.30. The summed E-state index contributed by atoms with van der Waals surface area (Å²) in [5.74, 6) is 0.155. The van der Waals surface area contributed by atoms with Gasteiger partial charge in [0.15, 0.2) is 0 Å². The third kappa shape index (κ3) is 2.62. The van der Waals surface area contributed by atoms with Gasteiger partial charge in [0.2, 0.25) is 0 Å². The molecule has 104 valence electrons. The first-order chi connectivity index (χ1) is 9.75. The van der Waals surface area contributed by atoms with Crippen LogP contribution in [0, 0.1) is 0 Å². The van der Waals surface area contributed by atoms with Gasteiger partial charge in [-0.15, -0.1) is 11.3 Å². The van der Waals surface area contributed by atoms with Crippen LogP contribution in [0.15, 0.2) is 47.8 Å². The lowest BCUT2D eigenvalue weighted by atomic mass is 10.0. The Morgan fingerprint density at radius 3 is 2.65 bits per heavy atom. The monoisotopic (exact) mass is 286 g/mol. The number of carbonyl (C=O) groups is 1. The van der Waals surface area contributed by atoms with Crippen LogP contribution in [-0.4, -0.2) is 42.4 Å². The van der Waals surface area contributed by atoms with Gasteiger partial charge in [-0.3, -0.25) is 4.79 Å². The highest BCUT2D eigenvalue weighted by Crippen LogP contribution is 2.27. The molecule has 3 nitrogen and oxygen atoms in total. The zero-order valence-electron chi connectivity index (χ0n) is 11.5. The summed E-state index contributed by atoms with van der Waals surface area (Å²) < 4.78 is 0. The van der Waals surface area contributed by atoms with Crippen LogP contribution in [0.4, 0.5) is 0 Å². The maximum Gasteiger partial charge on any atom is 0.264 e. The van der Waals surface area contributed by atoms with Gasteiger partial charge in [0.25, 0.3) is 5.91 Å². The first kappa shape index (κ1) is 13.3. The summed E-state index contributed by atoms with van der Waals surface area (Å²) in [6, 6.07) is 14.3. The summed E-state index contributed by atoms with van der Waals surface area (Å²) in [6.07, 6.45) is 0. The lowest BCUT2D eigenvalue weighted by Crippen LogP contribution is -2.49. The molecular weight excluding hydrogens is 268 g/mol. The fraction of sp³-hybridized carbons (Fsp3) is 0.312. The second-order valence-electron chi connectivity index (χ2n) is 5.16. The van der Waals surface area contributed by atoms with E-state index in [4.69, 9.17) is 0 Å². The molecule has 0 spiro atoms. The van der Waals surface area contributed by atoms with Gasteiger partial charge in [-0.05, 0) is 24.1 Å². The maximum atomic E-state index is 12.7. The summed E-state index contributed by atoms with van der Waals surface area (Å²) in [7, 11) is 2.11. The summed E-state index contributed by atoms with van der Waals surface area (Å²) >= 11 is 1.52. The minimum Gasteiger partial charge on any atom is -0.328 e. The van der Waals surface area contributed by atoms with E-state index in [-0.39, 0.29) is 11.9 Å². The van der Waals surface area contributed by atoms with Crippen LogP contribution in [0.2, 0.25) is 0 Å². The van der Waals surface area contributed by atoms with Crippen molar-refractivity contribution in [3.63, 3.8) is 0 Å². The molecule has 3 rings (SSSR count). The van der Waals surface area contributed by atoms with Crippen LogP contribution >= 0.6 is 11.3 Å². The first-order valence-corrected chi connectivity index (χ1v) is 7.71. The number of likely N-dealkylation sites (N-methyl/N-ethyl adjacent to an activating group) is 1. The van der Waals surface area contributed by atoms with E-state index in [2.05, 4.69) is 24.1 Å². The number of hydrogen-bond acceptors (Lipinski definition) is 3. The van der Waals surface area contributed by atoms with E-state index < -0.39 is 0 Å². The van der Waals surface area contributed by atoms with Crippen LogP contribution in [0.25, 0.3) is 0 Å². The van der Waals surface area contributed by atoms with Gasteiger partial charge in [0.05, 0.1) is 10.9 Å². The van der Waals surface area contributed by atoms with Crippen molar-refractivity contribution in [2.75, 3.05) is 26.7 Å². The second-order valence-corrected chi connectivity index (χ2v) is 6.11. The van der Waals surface area contributed by atoms with Crippen molar-refractivity contribution in [1.82, 2.24) is 9.80 Å². The minimum absolute atomic E-state index is 0.143. The number of rotatable bonds is 2. The molecule has 1 fully saturated rings. The van der Waals surface area contributed by atoms with E-state index in [0.717, 1.165) is 24.5 Å². The van der Waals surface area contributed by atoms with Crippen LogP contribution in [0.3, 0.4) is 0 Å². The van der Waals surface area contributed by atoms with Crippen molar-refractivity contribution in [2.24, 2.45) is 0 Å². The zero-order chi connectivity index (χ0) is 13.9. The number of thiophene rings is 1. The second kappa shape index (κ2) is 5.77. The van der Waals surface area contributed by atoms with Gasteiger partial charge in [-0.25, -0.2) is 0 Å². The van der Waals surface area contributed by atoms with Gasteiger partial charge in [-0.2, -0.15) is 0 Å². The van der Waals surface area contributed by atoms with Crippen molar-refractivity contribution < 1.29 is 4.79 Å². The predicted octanol–water partition coefficient (Wildman–Crippen LogP) is 2.88. The Labute approximate surface area is 123 Å². The van der Waals surface area contributed by atoms with Crippen molar-refractivity contribution in [3.05, 3.63) is 58.3 Å². The van der Waals surface area contributed by atoms with E-state index in [0.29, 0.717) is 0 Å². The van der Waals surface area contributed by atoms with E-state index in [9.17, 15) is 4.79 Å². The van der Waals surface area contributed by atoms with E-state index in [1.165, 1.54) is 16.9 Å². The SMILES string of the molecule is CN1CCN(C(=O)c2cccs2)C(c2ccccc2)C1. The number of nitrogens with zero attached hydrogens (tertiary/aromatic N) is 2. The molecule has 0 N–H and O–H groups in total. The number of piperazine rings is 1. The number of amides is 1. The van der Waals surface area contributed by atoms with Gasteiger partial charge in [-0.1, -0.05) is 36.4 Å². The van der Waals surface area contributed by atoms with Gasteiger partial charge in [0.1, 0.15) is 0 Å². The molecule has 1 amide bonds. The summed E-state index contributed by atoms with van der Waals surface area (Å²) in [6.45, 7) is 2.61. The molecule has 1 saturated heterocycles. The molecule has 1 aromatic heterocycles. The summed E-state index contributed by atoms with van der Waals surface area (Å²) in [5, 5.41) is 1.96. The van der Waals surface area contributed by atoms with Gasteiger partial charge >= 0.3 is 0 Å². The van der Waals surface area contributed by atoms with Crippen LogP contribution in [0.5, 0.6) is 0 Å². The lowest BCUT2D eigenvalue weighted by molar-refractivity contribution is 0.0503. The Kier molecular flexibility index (Phi) is 3.85. The van der Waals surface area contributed by atoms with Crippen molar-refractivity contribution in [2.45, 2.75) is 6.04 Å². The number of carbonyl (C=O) groups excluding carboxylic acids is 1. The largest absolute Gasteiger partial charge is 0.328 e. The molecule has 2 aromatic rings. The smallest absolute Gasteiger partial charge is 0.264 e. The molecule has 4 heteroatoms. The molecule has 1 atom stereocenters. The van der Waals surface area contributed by atoms with Gasteiger partial charge < -0.3 is 9.80 Å². The quantitative estimate of drug-likeness (QED) is 0.847. The Balaban J connectivity index is 1.89. The Bertz CT molecular complexity index is 567. The molecule has 0 saturated carbocycles. The highest BCUT2D eigenvalue weighted by molar-refractivity contribution is 7.12. The van der Waals surface area contributed by atoms with E-state index in [1.54, 1.807) is 0 Å². The first-order valence-electron chi connectivity index (χ1n) is 6.83. The third-order valence-electron chi connectivity index (χ3n) is 3.76. The molecule has 0 radical (unpaired) electrons. The molecule has 1 aliphatic rings. The zero-order valence-corrected chi connectivity index (χ0v) is 12.3. The van der Waals surface area contributed by atoms with E-state index >= 15 is 0 Å². The normalized spacial score (nSPS) is 20.1. The minimum atomic E-state index is 0.143. The predicted molar refractivity (Wildman–Crippen MR) is 82.0 cm³/mol. The number of benzene rings is 1. The van der Waals surface area contributed by atoms with E-state index in [1.807, 2.05) is 40.6 Å². The standard InChI is InChI=1S/C16H18N2OS/c1-17-9-10-18(16(19)15-8-5-11-20-15)14(12-17)13-6-3-2-4-7-13/h2-8,11,14H,9-10,12H2,1H3. The Morgan fingerprint density at radius 1 is 1.15 bits per heavy atom. The summed E-state index contributed by atoms with van der Waals surface area (Å²) in [5.41, 5.74) is 1.21. The highest BCUT2D eigenvalue weighted by atomic mass is 32.1.